The van der Waals surface area contributed by atoms with Crippen LogP contribution in [0.2, 0.25) is 0 Å². The molecule has 0 saturated heterocycles. The van der Waals surface area contributed by atoms with Crippen LogP contribution in [0.1, 0.15) is 38.5 Å². The SMILES string of the molecule is CC1(C)CC(c2nc(-c3ccnc4[nH]ccc34)no2)C1. The molecule has 5 nitrogen and oxygen atoms in total. The summed E-state index contributed by atoms with van der Waals surface area (Å²) in [5.41, 5.74) is 2.22. The Morgan fingerprint density at radius 1 is 1.30 bits per heavy atom. The molecule has 1 aliphatic carbocycles. The van der Waals surface area contributed by atoms with E-state index in [1.54, 1.807) is 6.20 Å². The van der Waals surface area contributed by atoms with Crippen LogP contribution in [0.3, 0.4) is 0 Å². The summed E-state index contributed by atoms with van der Waals surface area (Å²) >= 11 is 0. The number of nitrogens with zero attached hydrogens (tertiary/aromatic N) is 3. The third-order valence-electron chi connectivity index (χ3n) is 4.09. The first-order valence-corrected chi connectivity index (χ1v) is 6.88. The van der Waals surface area contributed by atoms with Gasteiger partial charge in [-0.2, -0.15) is 4.98 Å². The van der Waals surface area contributed by atoms with Crippen LogP contribution in [0.15, 0.2) is 29.0 Å². The second-order valence-corrected chi connectivity index (χ2v) is 6.32. The van der Waals surface area contributed by atoms with Gasteiger partial charge in [0.15, 0.2) is 0 Å². The second-order valence-electron chi connectivity index (χ2n) is 6.32. The molecule has 4 rings (SSSR count). The lowest BCUT2D eigenvalue weighted by molar-refractivity contribution is 0.124. The monoisotopic (exact) mass is 268 g/mol. The molecule has 1 saturated carbocycles. The molecule has 102 valence electrons. The van der Waals surface area contributed by atoms with Crippen molar-refractivity contribution in [2.45, 2.75) is 32.6 Å². The topological polar surface area (TPSA) is 67.6 Å². The van der Waals surface area contributed by atoms with E-state index in [-0.39, 0.29) is 0 Å². The summed E-state index contributed by atoms with van der Waals surface area (Å²) in [5, 5.41) is 5.16. The number of rotatable bonds is 2. The summed E-state index contributed by atoms with van der Waals surface area (Å²) < 4.78 is 5.45. The molecule has 3 aromatic heterocycles. The highest BCUT2D eigenvalue weighted by Crippen LogP contribution is 2.50. The molecule has 1 N–H and O–H groups in total. The van der Waals surface area contributed by atoms with Gasteiger partial charge in [-0.15, -0.1) is 0 Å². The van der Waals surface area contributed by atoms with E-state index in [4.69, 9.17) is 4.52 Å². The van der Waals surface area contributed by atoms with E-state index in [0.717, 1.165) is 35.3 Å². The molecular formula is C15H16N4O. The summed E-state index contributed by atoms with van der Waals surface area (Å²) in [4.78, 5) is 11.9. The van der Waals surface area contributed by atoms with E-state index in [9.17, 15) is 0 Å². The van der Waals surface area contributed by atoms with Crippen LogP contribution in [0.25, 0.3) is 22.4 Å². The number of fused-ring (bicyclic) bond motifs is 1. The standard InChI is InChI=1S/C15H16N4O/c1-15(2)7-9(8-15)14-18-13(19-20-14)11-4-6-17-12-10(11)3-5-16-12/h3-6,9H,7-8H2,1-2H3,(H,16,17). The zero-order valence-electron chi connectivity index (χ0n) is 11.6. The van der Waals surface area contributed by atoms with Crippen molar-refractivity contribution in [2.75, 3.05) is 0 Å². The van der Waals surface area contributed by atoms with Gasteiger partial charge < -0.3 is 9.51 Å². The Morgan fingerprint density at radius 3 is 2.95 bits per heavy atom. The van der Waals surface area contributed by atoms with Crippen LogP contribution >= 0.6 is 0 Å². The normalized spacial score (nSPS) is 18.3. The van der Waals surface area contributed by atoms with Crippen molar-refractivity contribution in [1.29, 1.82) is 0 Å². The number of hydrogen-bond donors (Lipinski definition) is 1. The summed E-state index contributed by atoms with van der Waals surface area (Å²) in [6.07, 6.45) is 5.86. The lowest BCUT2D eigenvalue weighted by atomic mass is 9.64. The third kappa shape index (κ3) is 1.73. The van der Waals surface area contributed by atoms with Crippen LogP contribution in [-0.2, 0) is 0 Å². The minimum atomic E-state index is 0.407. The smallest absolute Gasteiger partial charge is 0.230 e. The number of pyridine rings is 1. The number of aromatic amines is 1. The van der Waals surface area contributed by atoms with Crippen molar-refractivity contribution in [3.63, 3.8) is 0 Å². The first-order chi connectivity index (χ1) is 9.62. The average molecular weight is 268 g/mol. The van der Waals surface area contributed by atoms with Gasteiger partial charge in [0.1, 0.15) is 5.65 Å². The molecule has 1 fully saturated rings. The van der Waals surface area contributed by atoms with Crippen molar-refractivity contribution in [3.8, 4) is 11.4 Å². The fraction of sp³-hybridized carbons (Fsp3) is 0.400. The molecule has 0 unspecified atom stereocenters. The molecule has 3 aromatic rings. The number of hydrogen-bond acceptors (Lipinski definition) is 4. The molecule has 20 heavy (non-hydrogen) atoms. The molecule has 3 heterocycles. The fourth-order valence-corrected chi connectivity index (χ4v) is 3.12. The predicted molar refractivity (Wildman–Crippen MR) is 75.1 cm³/mol. The summed E-state index contributed by atoms with van der Waals surface area (Å²) in [6, 6.07) is 3.91. The molecular weight excluding hydrogens is 252 g/mol. The summed E-state index contributed by atoms with van der Waals surface area (Å²) in [5.74, 6) is 1.83. The third-order valence-corrected chi connectivity index (χ3v) is 4.09. The van der Waals surface area contributed by atoms with Crippen LogP contribution in [0.5, 0.6) is 0 Å². The van der Waals surface area contributed by atoms with Gasteiger partial charge in [-0.25, -0.2) is 4.98 Å². The van der Waals surface area contributed by atoms with Crippen molar-refractivity contribution >= 4 is 11.0 Å². The number of aromatic nitrogens is 4. The van der Waals surface area contributed by atoms with E-state index in [0.29, 0.717) is 17.2 Å². The van der Waals surface area contributed by atoms with Gasteiger partial charge in [-0.05, 0) is 30.4 Å². The maximum absolute atomic E-state index is 5.45. The molecule has 0 atom stereocenters. The van der Waals surface area contributed by atoms with Gasteiger partial charge in [0.05, 0.1) is 0 Å². The lowest BCUT2D eigenvalue weighted by Crippen LogP contribution is -2.29. The van der Waals surface area contributed by atoms with Gasteiger partial charge in [-0.1, -0.05) is 19.0 Å². The van der Waals surface area contributed by atoms with Crippen LogP contribution < -0.4 is 0 Å². The Labute approximate surface area is 116 Å². The quantitative estimate of drug-likeness (QED) is 0.772. The molecule has 0 aliphatic heterocycles. The maximum atomic E-state index is 5.45. The summed E-state index contributed by atoms with van der Waals surface area (Å²) in [7, 11) is 0. The molecule has 0 aromatic carbocycles. The van der Waals surface area contributed by atoms with E-state index in [1.807, 2.05) is 18.3 Å². The number of H-pyrrole nitrogens is 1. The molecule has 1 aliphatic rings. The minimum absolute atomic E-state index is 0.407. The van der Waals surface area contributed by atoms with Gasteiger partial charge >= 0.3 is 0 Å². The zero-order chi connectivity index (χ0) is 13.7. The average Bonchev–Trinajstić information content (AvgIpc) is 3.04. The van der Waals surface area contributed by atoms with E-state index in [2.05, 4.69) is 34.0 Å². The predicted octanol–water partition coefficient (Wildman–Crippen LogP) is 3.52. The highest BCUT2D eigenvalue weighted by molar-refractivity contribution is 5.90. The minimum Gasteiger partial charge on any atom is -0.346 e. The van der Waals surface area contributed by atoms with E-state index in [1.165, 1.54) is 0 Å². The number of nitrogens with one attached hydrogen (secondary N) is 1. The van der Waals surface area contributed by atoms with Crippen molar-refractivity contribution < 1.29 is 4.52 Å². The first-order valence-electron chi connectivity index (χ1n) is 6.88. The first kappa shape index (κ1) is 11.6. The Hall–Kier alpha value is -2.17. The second kappa shape index (κ2) is 3.91. The van der Waals surface area contributed by atoms with Crippen LogP contribution in [0, 0.1) is 5.41 Å². The van der Waals surface area contributed by atoms with Crippen LogP contribution in [0.4, 0.5) is 0 Å². The molecule has 0 radical (unpaired) electrons. The van der Waals surface area contributed by atoms with E-state index >= 15 is 0 Å². The zero-order valence-corrected chi connectivity index (χ0v) is 11.6. The van der Waals surface area contributed by atoms with Gasteiger partial charge in [0, 0.05) is 29.3 Å². The lowest BCUT2D eigenvalue weighted by Gasteiger charge is -2.40. The van der Waals surface area contributed by atoms with Crippen molar-refractivity contribution in [3.05, 3.63) is 30.4 Å². The highest BCUT2D eigenvalue weighted by atomic mass is 16.5. The molecule has 0 amide bonds. The Bertz CT molecular complexity index is 763. The van der Waals surface area contributed by atoms with E-state index < -0.39 is 0 Å². The highest BCUT2D eigenvalue weighted by Gasteiger charge is 2.40. The van der Waals surface area contributed by atoms with Gasteiger partial charge in [-0.3, -0.25) is 0 Å². The molecule has 0 spiro atoms. The van der Waals surface area contributed by atoms with Gasteiger partial charge in [0.25, 0.3) is 0 Å². The van der Waals surface area contributed by atoms with Gasteiger partial charge in [0.2, 0.25) is 11.7 Å². The van der Waals surface area contributed by atoms with Crippen LogP contribution in [-0.4, -0.2) is 20.1 Å². The Morgan fingerprint density at radius 2 is 2.15 bits per heavy atom. The molecule has 0 bridgehead atoms. The Kier molecular flexibility index (Phi) is 2.28. The summed E-state index contributed by atoms with van der Waals surface area (Å²) in [6.45, 7) is 4.54. The maximum Gasteiger partial charge on any atom is 0.230 e. The fourth-order valence-electron chi connectivity index (χ4n) is 3.12. The van der Waals surface area contributed by atoms with Crippen molar-refractivity contribution in [2.24, 2.45) is 5.41 Å². The Balaban J connectivity index is 1.70. The largest absolute Gasteiger partial charge is 0.346 e. The van der Waals surface area contributed by atoms with Crippen molar-refractivity contribution in [1.82, 2.24) is 20.1 Å². The molecule has 5 heteroatoms.